The molecule has 1 aliphatic heterocycles. The number of para-hydroxylation sites is 3. The fraction of sp³-hybridized carbons (Fsp3) is 0.333. The molecule has 0 spiro atoms. The number of halogens is 1. The lowest BCUT2D eigenvalue weighted by Crippen LogP contribution is -2.50. The van der Waals surface area contributed by atoms with E-state index in [2.05, 4.69) is 0 Å². The zero-order valence-corrected chi connectivity index (χ0v) is 15.8. The van der Waals surface area contributed by atoms with Gasteiger partial charge in [-0.05, 0) is 31.2 Å². The van der Waals surface area contributed by atoms with E-state index in [4.69, 9.17) is 0 Å². The van der Waals surface area contributed by atoms with Crippen LogP contribution in [0.2, 0.25) is 0 Å². The number of fused-ring (bicyclic) bond motifs is 1. The maximum absolute atomic E-state index is 14.0. The molecule has 0 unspecified atom stereocenters. The van der Waals surface area contributed by atoms with Crippen LogP contribution in [-0.4, -0.2) is 46.1 Å². The lowest BCUT2D eigenvalue weighted by atomic mass is 10.2. The number of hydrogen-bond acceptors (Lipinski definition) is 3. The topological polar surface area (TPSA) is 50.5 Å². The zero-order chi connectivity index (χ0) is 19.7. The Hall–Kier alpha value is -3.09. The Balaban J connectivity index is 1.49. The molecule has 0 bridgehead atoms. The first-order valence-electron chi connectivity index (χ1n) is 9.55. The van der Waals surface area contributed by atoms with Crippen molar-refractivity contribution in [3.63, 3.8) is 0 Å². The predicted molar refractivity (Wildman–Crippen MR) is 107 cm³/mol. The summed E-state index contributed by atoms with van der Waals surface area (Å²) in [6, 6.07) is 14.2. The van der Waals surface area contributed by atoms with E-state index >= 15 is 0 Å². The van der Waals surface area contributed by atoms with Gasteiger partial charge in [0, 0.05) is 32.7 Å². The maximum Gasteiger partial charge on any atom is 0.329 e. The molecule has 6 nitrogen and oxygen atoms in total. The summed E-state index contributed by atoms with van der Waals surface area (Å²) < 4.78 is 17.2. The number of aromatic nitrogens is 2. The highest BCUT2D eigenvalue weighted by Gasteiger charge is 2.24. The van der Waals surface area contributed by atoms with Crippen LogP contribution in [0.5, 0.6) is 0 Å². The summed E-state index contributed by atoms with van der Waals surface area (Å²) in [5.41, 5.74) is 2.01. The molecule has 1 fully saturated rings. The highest BCUT2D eigenvalue weighted by molar-refractivity contribution is 5.81. The average Bonchev–Trinajstić information content (AvgIpc) is 2.99. The number of piperazine rings is 1. The van der Waals surface area contributed by atoms with E-state index in [0.29, 0.717) is 38.4 Å². The van der Waals surface area contributed by atoms with Crippen LogP contribution in [0.4, 0.5) is 10.1 Å². The van der Waals surface area contributed by atoms with Crippen molar-refractivity contribution in [3.8, 4) is 0 Å². The van der Waals surface area contributed by atoms with Crippen molar-refractivity contribution >= 4 is 22.6 Å². The summed E-state index contributed by atoms with van der Waals surface area (Å²) in [6.45, 7) is 4.65. The monoisotopic (exact) mass is 382 g/mol. The lowest BCUT2D eigenvalue weighted by Gasteiger charge is -2.36. The van der Waals surface area contributed by atoms with Crippen molar-refractivity contribution in [1.82, 2.24) is 14.0 Å². The van der Waals surface area contributed by atoms with Gasteiger partial charge >= 0.3 is 5.69 Å². The largest absolute Gasteiger partial charge is 0.366 e. The van der Waals surface area contributed by atoms with E-state index in [1.54, 1.807) is 26.2 Å². The Morgan fingerprint density at radius 1 is 0.929 bits per heavy atom. The molecule has 1 aliphatic rings. The highest BCUT2D eigenvalue weighted by atomic mass is 19.1. The number of amides is 1. The number of benzene rings is 2. The third-order valence-corrected chi connectivity index (χ3v) is 5.36. The first-order valence-corrected chi connectivity index (χ1v) is 9.55. The minimum Gasteiger partial charge on any atom is -0.366 e. The van der Waals surface area contributed by atoms with Crippen molar-refractivity contribution < 1.29 is 9.18 Å². The van der Waals surface area contributed by atoms with Gasteiger partial charge < -0.3 is 9.80 Å². The summed E-state index contributed by atoms with van der Waals surface area (Å²) in [7, 11) is 0. The van der Waals surface area contributed by atoms with Crippen LogP contribution in [-0.2, 0) is 17.9 Å². The number of aryl methyl sites for hydroxylation is 1. The van der Waals surface area contributed by atoms with Gasteiger partial charge in [-0.25, -0.2) is 9.18 Å². The fourth-order valence-corrected chi connectivity index (χ4v) is 3.87. The minimum absolute atomic E-state index is 0.0199. The van der Waals surface area contributed by atoms with E-state index in [1.807, 2.05) is 42.2 Å². The van der Waals surface area contributed by atoms with Crippen molar-refractivity contribution in [2.45, 2.75) is 20.0 Å². The van der Waals surface area contributed by atoms with Gasteiger partial charge in [0.2, 0.25) is 5.91 Å². The van der Waals surface area contributed by atoms with E-state index in [1.165, 1.54) is 6.07 Å². The number of carbonyl (C=O) groups excluding carboxylic acids is 1. The first kappa shape index (κ1) is 18.3. The zero-order valence-electron chi connectivity index (χ0n) is 15.8. The molecule has 146 valence electrons. The molecular weight excluding hydrogens is 359 g/mol. The van der Waals surface area contributed by atoms with Crippen molar-refractivity contribution in [1.29, 1.82) is 0 Å². The number of carbonyl (C=O) groups is 1. The smallest absolute Gasteiger partial charge is 0.329 e. The molecule has 0 saturated carbocycles. The van der Waals surface area contributed by atoms with E-state index in [9.17, 15) is 14.0 Å². The summed E-state index contributed by atoms with van der Waals surface area (Å²) in [6.07, 6.45) is 0. The van der Waals surface area contributed by atoms with Crippen LogP contribution in [0.15, 0.2) is 53.3 Å². The standard InChI is InChI=1S/C21H23FN4O2/c1-2-25-18-9-5-6-10-19(18)26(21(25)28)15-20(27)24-13-11-23(12-14-24)17-8-4-3-7-16(17)22/h3-10H,2,11-15H2,1H3. The van der Waals surface area contributed by atoms with Crippen LogP contribution < -0.4 is 10.6 Å². The quantitative estimate of drug-likeness (QED) is 0.696. The second kappa shape index (κ2) is 7.50. The normalized spacial score (nSPS) is 14.6. The molecule has 1 saturated heterocycles. The third-order valence-electron chi connectivity index (χ3n) is 5.36. The second-order valence-electron chi connectivity index (χ2n) is 6.92. The van der Waals surface area contributed by atoms with Gasteiger partial charge in [-0.1, -0.05) is 24.3 Å². The molecule has 0 N–H and O–H groups in total. The van der Waals surface area contributed by atoms with E-state index in [-0.39, 0.29) is 24.0 Å². The first-order chi connectivity index (χ1) is 13.6. The molecule has 0 aliphatic carbocycles. The molecule has 1 aromatic heterocycles. The fourth-order valence-electron chi connectivity index (χ4n) is 3.87. The van der Waals surface area contributed by atoms with Gasteiger partial charge in [0.1, 0.15) is 12.4 Å². The SMILES string of the molecule is CCn1c(=O)n(CC(=O)N2CCN(c3ccccc3F)CC2)c2ccccc21. The van der Waals surface area contributed by atoms with Gasteiger partial charge in [-0.2, -0.15) is 0 Å². The van der Waals surface area contributed by atoms with Crippen molar-refractivity contribution in [2.24, 2.45) is 0 Å². The molecule has 2 heterocycles. The number of nitrogens with zero attached hydrogens (tertiary/aromatic N) is 4. The van der Waals surface area contributed by atoms with Crippen LogP contribution >= 0.6 is 0 Å². The number of imidazole rings is 1. The minimum atomic E-state index is -0.249. The van der Waals surface area contributed by atoms with Crippen LogP contribution in [0.25, 0.3) is 11.0 Å². The molecule has 28 heavy (non-hydrogen) atoms. The molecule has 1 amide bonds. The Bertz CT molecular complexity index is 1060. The lowest BCUT2D eigenvalue weighted by molar-refractivity contribution is -0.132. The predicted octanol–water partition coefficient (Wildman–Crippen LogP) is 2.31. The summed E-state index contributed by atoms with van der Waals surface area (Å²) >= 11 is 0. The van der Waals surface area contributed by atoms with Crippen LogP contribution in [0.3, 0.4) is 0 Å². The Labute approximate surface area is 162 Å². The summed E-state index contributed by atoms with van der Waals surface area (Å²) in [5, 5.41) is 0. The number of hydrogen-bond donors (Lipinski definition) is 0. The third kappa shape index (κ3) is 3.17. The van der Waals surface area contributed by atoms with Gasteiger partial charge in [-0.15, -0.1) is 0 Å². The Kier molecular flexibility index (Phi) is 4.90. The summed E-state index contributed by atoms with van der Waals surface area (Å²) in [4.78, 5) is 29.3. The highest BCUT2D eigenvalue weighted by Crippen LogP contribution is 2.20. The average molecular weight is 382 g/mol. The molecule has 7 heteroatoms. The Morgan fingerprint density at radius 2 is 1.54 bits per heavy atom. The van der Waals surface area contributed by atoms with Crippen molar-refractivity contribution in [3.05, 3.63) is 64.8 Å². The van der Waals surface area contributed by atoms with E-state index in [0.717, 1.165) is 11.0 Å². The molecular formula is C21H23FN4O2. The van der Waals surface area contributed by atoms with Gasteiger partial charge in [0.25, 0.3) is 0 Å². The molecule has 0 radical (unpaired) electrons. The van der Waals surface area contributed by atoms with Crippen LogP contribution in [0, 0.1) is 5.82 Å². The maximum atomic E-state index is 14.0. The number of rotatable bonds is 4. The Morgan fingerprint density at radius 3 is 2.18 bits per heavy atom. The van der Waals surface area contributed by atoms with E-state index < -0.39 is 0 Å². The van der Waals surface area contributed by atoms with Crippen molar-refractivity contribution in [2.75, 3.05) is 31.1 Å². The molecule has 0 atom stereocenters. The van der Waals surface area contributed by atoms with Crippen LogP contribution in [0.1, 0.15) is 6.92 Å². The summed E-state index contributed by atoms with van der Waals surface area (Å²) in [5.74, 6) is -0.338. The molecule has 2 aromatic carbocycles. The number of anilines is 1. The van der Waals surface area contributed by atoms with Gasteiger partial charge in [0.05, 0.1) is 16.7 Å². The second-order valence-corrected chi connectivity index (χ2v) is 6.92. The van der Waals surface area contributed by atoms with Gasteiger partial charge in [-0.3, -0.25) is 13.9 Å². The molecule has 3 aromatic rings. The molecule has 4 rings (SSSR count). The van der Waals surface area contributed by atoms with Gasteiger partial charge in [0.15, 0.2) is 0 Å².